The minimum absolute atomic E-state index is 0.0365. The number of aromatic nitrogens is 2. The summed E-state index contributed by atoms with van der Waals surface area (Å²) in [6.45, 7) is 8.16. The van der Waals surface area contributed by atoms with Gasteiger partial charge in [0.15, 0.2) is 0 Å². The molecule has 1 heterocycles. The van der Waals surface area contributed by atoms with Crippen LogP contribution in [0, 0.1) is 0 Å². The largest absolute Gasteiger partial charge is 0.364 e. The number of hydrogen-bond donors (Lipinski definition) is 2. The molecule has 5 heteroatoms. The molecule has 1 aromatic heterocycles. The van der Waals surface area contributed by atoms with E-state index < -0.39 is 0 Å². The number of likely N-dealkylation sites (N-methyl/N-ethyl adjacent to an activating group) is 1. The van der Waals surface area contributed by atoms with Crippen molar-refractivity contribution >= 4 is 11.6 Å². The molecule has 0 saturated heterocycles. The lowest BCUT2D eigenvalue weighted by Crippen LogP contribution is -2.41. The maximum atomic E-state index is 4.25. The molecule has 0 aliphatic heterocycles. The predicted molar refractivity (Wildman–Crippen MR) is 72.6 cm³/mol. The highest BCUT2D eigenvalue weighted by Gasteiger charge is 2.17. The first-order valence-corrected chi connectivity index (χ1v) is 5.94. The molecule has 0 aliphatic carbocycles. The average Bonchev–Trinajstić information content (AvgIpc) is 2.27. The van der Waals surface area contributed by atoms with Crippen LogP contribution in [-0.4, -0.2) is 42.7 Å². The lowest BCUT2D eigenvalue weighted by Gasteiger charge is -2.27. The van der Waals surface area contributed by atoms with Gasteiger partial charge in [0, 0.05) is 31.7 Å². The number of nitrogens with one attached hydrogen (secondary N) is 2. The summed E-state index contributed by atoms with van der Waals surface area (Å²) >= 11 is 0. The maximum absolute atomic E-state index is 4.25. The lowest BCUT2D eigenvalue weighted by atomic mass is 10.1. The van der Waals surface area contributed by atoms with E-state index in [1.165, 1.54) is 0 Å². The van der Waals surface area contributed by atoms with E-state index in [2.05, 4.69) is 46.3 Å². The maximum Gasteiger partial charge on any atom is 0.133 e. The third-order valence-corrected chi connectivity index (χ3v) is 2.60. The van der Waals surface area contributed by atoms with Crippen LogP contribution in [0.3, 0.4) is 0 Å². The van der Waals surface area contributed by atoms with Crippen molar-refractivity contribution in [2.75, 3.05) is 37.4 Å². The molecule has 0 unspecified atom stereocenters. The Morgan fingerprint density at radius 3 is 2.65 bits per heavy atom. The summed E-state index contributed by atoms with van der Waals surface area (Å²) in [4.78, 5) is 10.6. The van der Waals surface area contributed by atoms with Gasteiger partial charge in [0.2, 0.25) is 0 Å². The fourth-order valence-corrected chi connectivity index (χ4v) is 1.62. The van der Waals surface area contributed by atoms with Crippen LogP contribution in [0.4, 0.5) is 11.6 Å². The van der Waals surface area contributed by atoms with Crippen molar-refractivity contribution in [3.63, 3.8) is 0 Å². The van der Waals surface area contributed by atoms with Crippen molar-refractivity contribution in [2.45, 2.75) is 26.3 Å². The van der Waals surface area contributed by atoms with E-state index >= 15 is 0 Å². The van der Waals surface area contributed by atoms with Crippen LogP contribution in [0.5, 0.6) is 0 Å². The Morgan fingerprint density at radius 1 is 1.35 bits per heavy atom. The molecule has 5 nitrogen and oxygen atoms in total. The molecule has 0 saturated carbocycles. The Bertz CT molecular complexity index is 351. The minimum Gasteiger partial charge on any atom is -0.364 e. The highest BCUT2D eigenvalue weighted by atomic mass is 15.2. The third kappa shape index (κ3) is 4.19. The highest BCUT2D eigenvalue weighted by Crippen LogP contribution is 2.16. The molecule has 0 aliphatic rings. The fraction of sp³-hybridized carbons (Fsp3) is 0.667. The first-order valence-electron chi connectivity index (χ1n) is 5.94. The lowest BCUT2D eigenvalue weighted by molar-refractivity contribution is 0.528. The minimum atomic E-state index is -0.0365. The molecule has 0 fully saturated rings. The number of anilines is 2. The second-order valence-electron chi connectivity index (χ2n) is 4.81. The number of hydrogen-bond acceptors (Lipinski definition) is 5. The summed E-state index contributed by atoms with van der Waals surface area (Å²) < 4.78 is 0. The van der Waals surface area contributed by atoms with Gasteiger partial charge in [0.25, 0.3) is 0 Å². The topological polar surface area (TPSA) is 53.1 Å². The van der Waals surface area contributed by atoms with E-state index in [0.717, 1.165) is 24.7 Å². The monoisotopic (exact) mass is 237 g/mol. The van der Waals surface area contributed by atoms with E-state index in [4.69, 9.17) is 0 Å². The average molecular weight is 237 g/mol. The van der Waals surface area contributed by atoms with Crippen molar-refractivity contribution in [1.82, 2.24) is 15.3 Å². The van der Waals surface area contributed by atoms with Gasteiger partial charge in [-0.25, -0.2) is 9.97 Å². The van der Waals surface area contributed by atoms with Crippen molar-refractivity contribution in [2.24, 2.45) is 0 Å². The molecule has 0 spiro atoms. The van der Waals surface area contributed by atoms with Gasteiger partial charge >= 0.3 is 0 Å². The molecular weight excluding hydrogens is 214 g/mol. The molecule has 96 valence electrons. The zero-order valence-corrected chi connectivity index (χ0v) is 11.4. The highest BCUT2D eigenvalue weighted by molar-refractivity contribution is 5.49. The Hall–Kier alpha value is -1.36. The van der Waals surface area contributed by atoms with Crippen LogP contribution in [0.25, 0.3) is 0 Å². The summed E-state index contributed by atoms with van der Waals surface area (Å²) in [5.41, 5.74) is -0.0365. The first-order chi connectivity index (χ1) is 7.98. The fourth-order valence-electron chi connectivity index (χ4n) is 1.62. The Morgan fingerprint density at radius 2 is 2.06 bits per heavy atom. The van der Waals surface area contributed by atoms with Crippen molar-refractivity contribution in [1.29, 1.82) is 0 Å². The van der Waals surface area contributed by atoms with Crippen LogP contribution in [-0.2, 0) is 0 Å². The molecule has 1 rings (SSSR count). The van der Waals surface area contributed by atoms with Gasteiger partial charge in [0.05, 0.1) is 0 Å². The Balaban J connectivity index is 2.78. The van der Waals surface area contributed by atoms with E-state index in [0.29, 0.717) is 0 Å². The quantitative estimate of drug-likeness (QED) is 0.782. The van der Waals surface area contributed by atoms with Crippen LogP contribution in [0.15, 0.2) is 12.4 Å². The number of nitrogens with zero attached hydrogens (tertiary/aromatic N) is 3. The van der Waals surface area contributed by atoms with E-state index in [1.54, 1.807) is 6.33 Å². The van der Waals surface area contributed by atoms with E-state index in [1.807, 2.05) is 20.2 Å². The summed E-state index contributed by atoms with van der Waals surface area (Å²) in [6.07, 6.45) is 1.60. The van der Waals surface area contributed by atoms with Gasteiger partial charge in [-0.3, -0.25) is 0 Å². The van der Waals surface area contributed by atoms with Crippen LogP contribution >= 0.6 is 0 Å². The van der Waals surface area contributed by atoms with Crippen LogP contribution < -0.4 is 15.5 Å². The molecule has 1 aromatic rings. The zero-order chi connectivity index (χ0) is 12.9. The summed E-state index contributed by atoms with van der Waals surface area (Å²) in [5.74, 6) is 1.79. The molecule has 0 atom stereocenters. The molecular formula is C12H23N5. The standard InChI is InChI=1S/C12H23N5/c1-6-17(5)11-7-10(14-9-15-11)16-12(2,3)8-13-4/h7,9,13H,6,8H2,1-5H3,(H,14,15,16). The van der Waals surface area contributed by atoms with Crippen molar-refractivity contribution in [3.8, 4) is 0 Å². The SMILES string of the molecule is CCN(C)c1cc(NC(C)(C)CNC)ncn1. The molecule has 0 bridgehead atoms. The second kappa shape index (κ2) is 5.82. The van der Waals surface area contributed by atoms with Gasteiger partial charge in [-0.05, 0) is 27.8 Å². The van der Waals surface area contributed by atoms with Crippen molar-refractivity contribution < 1.29 is 0 Å². The molecule has 0 aromatic carbocycles. The van der Waals surface area contributed by atoms with Gasteiger partial charge in [-0.2, -0.15) is 0 Å². The normalized spacial score (nSPS) is 11.4. The van der Waals surface area contributed by atoms with Gasteiger partial charge < -0.3 is 15.5 Å². The van der Waals surface area contributed by atoms with E-state index in [-0.39, 0.29) is 5.54 Å². The Labute approximate surface area is 104 Å². The molecule has 0 amide bonds. The summed E-state index contributed by atoms with van der Waals surface area (Å²) in [7, 11) is 3.96. The van der Waals surface area contributed by atoms with Crippen LogP contribution in [0.1, 0.15) is 20.8 Å². The number of rotatable bonds is 6. The summed E-state index contributed by atoms with van der Waals surface area (Å²) in [5, 5.41) is 6.56. The second-order valence-corrected chi connectivity index (χ2v) is 4.81. The third-order valence-electron chi connectivity index (χ3n) is 2.60. The smallest absolute Gasteiger partial charge is 0.133 e. The van der Waals surface area contributed by atoms with Gasteiger partial charge in [-0.1, -0.05) is 0 Å². The Kier molecular flexibility index (Phi) is 4.69. The molecule has 2 N–H and O–H groups in total. The van der Waals surface area contributed by atoms with Gasteiger partial charge in [-0.15, -0.1) is 0 Å². The van der Waals surface area contributed by atoms with Crippen molar-refractivity contribution in [3.05, 3.63) is 12.4 Å². The first kappa shape index (κ1) is 13.7. The summed E-state index contributed by atoms with van der Waals surface area (Å²) in [6, 6.07) is 1.97. The molecule has 17 heavy (non-hydrogen) atoms. The van der Waals surface area contributed by atoms with Crippen LogP contribution in [0.2, 0.25) is 0 Å². The van der Waals surface area contributed by atoms with Gasteiger partial charge in [0.1, 0.15) is 18.0 Å². The molecule has 0 radical (unpaired) electrons. The van der Waals surface area contributed by atoms with E-state index in [9.17, 15) is 0 Å². The predicted octanol–water partition coefficient (Wildman–Crippen LogP) is 1.34. The zero-order valence-electron chi connectivity index (χ0n) is 11.4.